The Kier molecular flexibility index (Phi) is 6.01. The van der Waals surface area contributed by atoms with Crippen LogP contribution in [0.1, 0.15) is 22.5 Å². The summed E-state index contributed by atoms with van der Waals surface area (Å²) in [6, 6.07) is 0. The van der Waals surface area contributed by atoms with Crippen LogP contribution in [-0.4, -0.2) is 35.5 Å². The molecule has 0 aliphatic rings. The lowest BCUT2D eigenvalue weighted by molar-refractivity contribution is -0.144. The van der Waals surface area contributed by atoms with Crippen LogP contribution in [0.5, 0.6) is 0 Å². The standard InChI is InChI=1S/C13H20N2O2S/c1-5-7-15(9-13(16)17-6-2)8-12-14-10(3)11(4)18-12/h5H,1,6-9H2,2-4H3. The van der Waals surface area contributed by atoms with Gasteiger partial charge in [-0.05, 0) is 20.8 Å². The molecule has 5 heteroatoms. The van der Waals surface area contributed by atoms with Crippen LogP contribution in [0.4, 0.5) is 0 Å². The molecule has 0 aliphatic heterocycles. The molecule has 0 N–H and O–H groups in total. The smallest absolute Gasteiger partial charge is 0.320 e. The highest BCUT2D eigenvalue weighted by Crippen LogP contribution is 2.18. The van der Waals surface area contributed by atoms with E-state index in [1.165, 1.54) is 4.88 Å². The highest BCUT2D eigenvalue weighted by atomic mass is 32.1. The largest absolute Gasteiger partial charge is 0.465 e. The van der Waals surface area contributed by atoms with E-state index in [1.54, 1.807) is 17.4 Å². The minimum Gasteiger partial charge on any atom is -0.465 e. The Labute approximate surface area is 112 Å². The fraction of sp³-hybridized carbons (Fsp3) is 0.538. The lowest BCUT2D eigenvalue weighted by atomic mass is 10.4. The van der Waals surface area contributed by atoms with Gasteiger partial charge in [-0.2, -0.15) is 0 Å². The Balaban J connectivity index is 2.61. The van der Waals surface area contributed by atoms with Gasteiger partial charge < -0.3 is 4.74 Å². The summed E-state index contributed by atoms with van der Waals surface area (Å²) >= 11 is 1.67. The molecule has 1 aromatic rings. The zero-order valence-electron chi connectivity index (χ0n) is 11.2. The maximum Gasteiger partial charge on any atom is 0.320 e. The predicted octanol–water partition coefficient (Wildman–Crippen LogP) is 2.31. The Morgan fingerprint density at radius 1 is 1.56 bits per heavy atom. The van der Waals surface area contributed by atoms with Crippen molar-refractivity contribution >= 4 is 17.3 Å². The number of hydrogen-bond donors (Lipinski definition) is 0. The van der Waals surface area contributed by atoms with Crippen LogP contribution >= 0.6 is 11.3 Å². The molecule has 0 bridgehead atoms. The summed E-state index contributed by atoms with van der Waals surface area (Å²) in [5.74, 6) is -0.204. The molecule has 0 aromatic carbocycles. The van der Waals surface area contributed by atoms with Gasteiger partial charge in [-0.25, -0.2) is 4.98 Å². The molecule has 1 heterocycles. The molecule has 0 saturated carbocycles. The molecule has 100 valence electrons. The molecule has 0 spiro atoms. The van der Waals surface area contributed by atoms with Gasteiger partial charge in [0.15, 0.2) is 0 Å². The van der Waals surface area contributed by atoms with E-state index in [1.807, 2.05) is 18.7 Å². The topological polar surface area (TPSA) is 42.4 Å². The first-order valence-corrected chi connectivity index (χ1v) is 6.80. The number of ether oxygens (including phenoxy) is 1. The minimum absolute atomic E-state index is 0.204. The molecule has 0 atom stereocenters. The third-order valence-electron chi connectivity index (χ3n) is 2.48. The van der Waals surface area contributed by atoms with E-state index in [-0.39, 0.29) is 12.5 Å². The van der Waals surface area contributed by atoms with E-state index in [4.69, 9.17) is 4.74 Å². The summed E-state index contributed by atoms with van der Waals surface area (Å²) in [7, 11) is 0. The molecule has 0 amide bonds. The quantitative estimate of drug-likeness (QED) is 0.562. The number of carbonyl (C=O) groups is 1. The molecule has 0 saturated heterocycles. The summed E-state index contributed by atoms with van der Waals surface area (Å²) in [6.45, 7) is 11.6. The van der Waals surface area contributed by atoms with Crippen molar-refractivity contribution in [2.75, 3.05) is 19.7 Å². The molecular formula is C13H20N2O2S. The summed E-state index contributed by atoms with van der Waals surface area (Å²) in [5, 5.41) is 1.02. The summed E-state index contributed by atoms with van der Waals surface area (Å²) in [5.41, 5.74) is 1.06. The molecule has 1 rings (SSSR count). The van der Waals surface area contributed by atoms with Crippen LogP contribution in [-0.2, 0) is 16.1 Å². The van der Waals surface area contributed by atoms with Crippen LogP contribution in [0.3, 0.4) is 0 Å². The maximum absolute atomic E-state index is 11.5. The van der Waals surface area contributed by atoms with Crippen LogP contribution < -0.4 is 0 Å². The van der Waals surface area contributed by atoms with E-state index in [2.05, 4.69) is 18.5 Å². The number of nitrogens with zero attached hydrogens (tertiary/aromatic N) is 2. The van der Waals surface area contributed by atoms with Gasteiger partial charge in [0.05, 0.1) is 25.4 Å². The van der Waals surface area contributed by atoms with Gasteiger partial charge in [-0.1, -0.05) is 6.08 Å². The van der Waals surface area contributed by atoms with Crippen molar-refractivity contribution < 1.29 is 9.53 Å². The monoisotopic (exact) mass is 268 g/mol. The van der Waals surface area contributed by atoms with Crippen LogP contribution in [0.2, 0.25) is 0 Å². The van der Waals surface area contributed by atoms with Crippen LogP contribution in [0.25, 0.3) is 0 Å². The molecule has 0 radical (unpaired) electrons. The number of aryl methyl sites for hydroxylation is 2. The lowest BCUT2D eigenvalue weighted by Gasteiger charge is -2.17. The number of carbonyl (C=O) groups excluding carboxylic acids is 1. The summed E-state index contributed by atoms with van der Waals surface area (Å²) in [6.07, 6.45) is 1.78. The molecular weight excluding hydrogens is 248 g/mol. The van der Waals surface area contributed by atoms with Gasteiger partial charge in [-0.15, -0.1) is 17.9 Å². The SMILES string of the molecule is C=CCN(CC(=O)OCC)Cc1nc(C)c(C)s1. The van der Waals surface area contributed by atoms with E-state index < -0.39 is 0 Å². The number of rotatable bonds is 7. The molecule has 1 aromatic heterocycles. The van der Waals surface area contributed by atoms with Crippen molar-refractivity contribution in [3.63, 3.8) is 0 Å². The zero-order chi connectivity index (χ0) is 13.5. The van der Waals surface area contributed by atoms with Crippen molar-refractivity contribution in [3.8, 4) is 0 Å². The average Bonchev–Trinajstić information content (AvgIpc) is 2.58. The van der Waals surface area contributed by atoms with Gasteiger partial charge in [0.2, 0.25) is 0 Å². The maximum atomic E-state index is 11.5. The normalized spacial score (nSPS) is 10.7. The zero-order valence-corrected chi connectivity index (χ0v) is 12.0. The second kappa shape index (κ2) is 7.28. The van der Waals surface area contributed by atoms with Gasteiger partial charge in [0, 0.05) is 11.4 Å². The Hall–Kier alpha value is -1.20. The summed E-state index contributed by atoms with van der Waals surface area (Å²) in [4.78, 5) is 19.1. The number of hydrogen-bond acceptors (Lipinski definition) is 5. The van der Waals surface area contributed by atoms with Gasteiger partial charge >= 0.3 is 5.97 Å². The molecule has 4 nitrogen and oxygen atoms in total. The first-order valence-electron chi connectivity index (χ1n) is 5.98. The Morgan fingerprint density at radius 3 is 2.78 bits per heavy atom. The first-order chi connectivity index (χ1) is 8.56. The minimum atomic E-state index is -0.204. The number of thiazole rings is 1. The third kappa shape index (κ3) is 4.58. The molecule has 0 unspecified atom stereocenters. The number of aromatic nitrogens is 1. The Morgan fingerprint density at radius 2 is 2.28 bits per heavy atom. The predicted molar refractivity (Wildman–Crippen MR) is 73.7 cm³/mol. The Bertz CT molecular complexity index is 396. The van der Waals surface area contributed by atoms with Crippen LogP contribution in [0.15, 0.2) is 12.7 Å². The molecule has 0 aliphatic carbocycles. The number of esters is 1. The van der Waals surface area contributed by atoms with E-state index in [0.717, 1.165) is 10.7 Å². The second-order valence-corrected chi connectivity index (χ2v) is 5.30. The van der Waals surface area contributed by atoms with Crippen molar-refractivity contribution in [1.29, 1.82) is 0 Å². The van der Waals surface area contributed by atoms with Crippen molar-refractivity contribution in [1.82, 2.24) is 9.88 Å². The molecule has 0 fully saturated rings. The van der Waals surface area contributed by atoms with Gasteiger partial charge in [-0.3, -0.25) is 9.69 Å². The third-order valence-corrected chi connectivity index (χ3v) is 3.53. The van der Waals surface area contributed by atoms with Crippen molar-refractivity contribution in [2.45, 2.75) is 27.3 Å². The van der Waals surface area contributed by atoms with E-state index in [9.17, 15) is 4.79 Å². The highest BCUT2D eigenvalue weighted by molar-refractivity contribution is 7.11. The molecule has 18 heavy (non-hydrogen) atoms. The van der Waals surface area contributed by atoms with Crippen molar-refractivity contribution in [3.05, 3.63) is 28.2 Å². The highest BCUT2D eigenvalue weighted by Gasteiger charge is 2.13. The fourth-order valence-corrected chi connectivity index (χ4v) is 2.53. The van der Waals surface area contributed by atoms with Crippen LogP contribution in [0, 0.1) is 13.8 Å². The average molecular weight is 268 g/mol. The lowest BCUT2D eigenvalue weighted by Crippen LogP contribution is -2.30. The first kappa shape index (κ1) is 14.9. The van der Waals surface area contributed by atoms with E-state index >= 15 is 0 Å². The fourth-order valence-electron chi connectivity index (χ4n) is 1.55. The summed E-state index contributed by atoms with van der Waals surface area (Å²) < 4.78 is 4.95. The second-order valence-electron chi connectivity index (χ2n) is 4.01. The van der Waals surface area contributed by atoms with Gasteiger partial charge in [0.25, 0.3) is 0 Å². The van der Waals surface area contributed by atoms with Gasteiger partial charge in [0.1, 0.15) is 5.01 Å². The van der Waals surface area contributed by atoms with Crippen molar-refractivity contribution in [2.24, 2.45) is 0 Å². The van der Waals surface area contributed by atoms with E-state index in [0.29, 0.717) is 19.7 Å².